The number of fused-ring (bicyclic) bond motifs is 1. The number of carbonyl (C=O) groups excluding carboxylic acids is 1. The van der Waals surface area contributed by atoms with Crippen LogP contribution in [0.3, 0.4) is 0 Å². The van der Waals surface area contributed by atoms with Crippen molar-refractivity contribution in [2.75, 3.05) is 15.7 Å². The molecule has 0 saturated carbocycles. The monoisotopic (exact) mass is 378 g/mol. The molecular formula is C18H19ClN2O3S. The summed E-state index contributed by atoms with van der Waals surface area (Å²) in [4.78, 5) is 14.7. The molecule has 0 N–H and O–H groups in total. The first-order valence-corrected chi connectivity index (χ1v) is 9.91. The van der Waals surface area contributed by atoms with Gasteiger partial charge in [-0.25, -0.2) is 13.2 Å². The van der Waals surface area contributed by atoms with Gasteiger partial charge in [0.15, 0.2) is 0 Å². The molecule has 0 spiro atoms. The number of benzene rings is 2. The van der Waals surface area contributed by atoms with Gasteiger partial charge in [-0.3, -0.25) is 4.90 Å². The van der Waals surface area contributed by atoms with E-state index in [9.17, 15) is 13.2 Å². The van der Waals surface area contributed by atoms with Crippen molar-refractivity contribution >= 4 is 39.0 Å². The smallest absolute Gasteiger partial charge is 0.292 e. The highest BCUT2D eigenvalue weighted by Gasteiger charge is 2.42. The van der Waals surface area contributed by atoms with Crippen LogP contribution in [0.15, 0.2) is 47.4 Å². The van der Waals surface area contributed by atoms with Crippen LogP contribution in [0.5, 0.6) is 0 Å². The molecule has 0 aromatic heterocycles. The van der Waals surface area contributed by atoms with Crippen molar-refractivity contribution < 1.29 is 13.2 Å². The molecule has 0 unspecified atom stereocenters. The maximum Gasteiger partial charge on any atom is 0.343 e. The van der Waals surface area contributed by atoms with Gasteiger partial charge in [0.05, 0.1) is 11.4 Å². The number of nitrogens with zero attached hydrogens (tertiary/aromatic N) is 2. The van der Waals surface area contributed by atoms with Crippen LogP contribution in [-0.4, -0.2) is 21.0 Å². The molecule has 2 aromatic rings. The average Bonchev–Trinajstić information content (AvgIpc) is 2.58. The van der Waals surface area contributed by atoms with Crippen LogP contribution < -0.4 is 9.21 Å². The lowest BCUT2D eigenvalue weighted by molar-refractivity contribution is 0.253. The summed E-state index contributed by atoms with van der Waals surface area (Å²) in [5, 5.41) is 0.416. The zero-order valence-electron chi connectivity index (χ0n) is 14.1. The Labute approximate surface area is 152 Å². The number of aryl methyl sites for hydroxylation is 1. The Balaban J connectivity index is 2.19. The van der Waals surface area contributed by atoms with E-state index >= 15 is 0 Å². The number of urea groups is 1. The Morgan fingerprint density at radius 1 is 1.12 bits per heavy atom. The van der Waals surface area contributed by atoms with Crippen molar-refractivity contribution in [3.63, 3.8) is 0 Å². The van der Waals surface area contributed by atoms with E-state index in [1.54, 1.807) is 30.3 Å². The van der Waals surface area contributed by atoms with Gasteiger partial charge in [0.1, 0.15) is 4.90 Å². The predicted octanol–water partition coefficient (Wildman–Crippen LogP) is 4.58. The number of rotatable bonds is 4. The van der Waals surface area contributed by atoms with Crippen molar-refractivity contribution in [3.05, 3.63) is 53.1 Å². The molecule has 2 amide bonds. The second-order valence-electron chi connectivity index (χ2n) is 5.96. The third kappa shape index (κ3) is 3.00. The highest BCUT2D eigenvalue weighted by atomic mass is 35.5. The molecule has 25 heavy (non-hydrogen) atoms. The maximum absolute atomic E-state index is 13.1. The molecule has 1 aliphatic rings. The van der Waals surface area contributed by atoms with Gasteiger partial charge in [0.2, 0.25) is 0 Å². The van der Waals surface area contributed by atoms with Crippen molar-refractivity contribution in [2.24, 2.45) is 0 Å². The minimum Gasteiger partial charge on any atom is -0.292 e. The molecule has 0 aliphatic carbocycles. The van der Waals surface area contributed by atoms with Gasteiger partial charge in [-0.05, 0) is 43.2 Å². The fraction of sp³-hybridized carbons (Fsp3) is 0.278. The fourth-order valence-corrected chi connectivity index (χ4v) is 4.56. The van der Waals surface area contributed by atoms with E-state index in [1.165, 1.54) is 17.0 Å². The Morgan fingerprint density at radius 3 is 2.52 bits per heavy atom. The molecule has 0 saturated heterocycles. The molecule has 3 rings (SSSR count). The normalized spacial score (nSPS) is 16.0. The Kier molecular flexibility index (Phi) is 4.75. The SMILES string of the molecule is CCCCN1C(=O)N(c2ccc(C)c(Cl)c2)S(=O)(=O)c2ccccc21. The van der Waals surface area contributed by atoms with Gasteiger partial charge in [0, 0.05) is 11.6 Å². The summed E-state index contributed by atoms with van der Waals surface area (Å²) in [6.45, 7) is 4.30. The summed E-state index contributed by atoms with van der Waals surface area (Å²) >= 11 is 6.15. The highest BCUT2D eigenvalue weighted by molar-refractivity contribution is 7.94. The summed E-state index contributed by atoms with van der Waals surface area (Å²) < 4.78 is 27.0. The number of anilines is 2. The number of halogens is 1. The zero-order chi connectivity index (χ0) is 18.2. The standard InChI is InChI=1S/C18H19ClN2O3S/c1-3-4-11-20-16-7-5-6-8-17(16)25(23,24)21(18(20)22)14-10-9-13(2)15(19)12-14/h5-10,12H,3-4,11H2,1-2H3. The van der Waals surface area contributed by atoms with Crippen molar-refractivity contribution in [1.82, 2.24) is 0 Å². The number of hydrogen-bond acceptors (Lipinski definition) is 3. The van der Waals surface area contributed by atoms with E-state index in [2.05, 4.69) is 0 Å². The number of para-hydroxylation sites is 1. The number of hydrogen-bond donors (Lipinski definition) is 0. The Morgan fingerprint density at radius 2 is 1.84 bits per heavy atom. The van der Waals surface area contributed by atoms with Gasteiger partial charge < -0.3 is 0 Å². The van der Waals surface area contributed by atoms with E-state index in [0.717, 1.165) is 22.7 Å². The minimum atomic E-state index is -3.99. The molecular weight excluding hydrogens is 360 g/mol. The molecule has 0 fully saturated rings. The van der Waals surface area contributed by atoms with Gasteiger partial charge in [0.25, 0.3) is 10.0 Å². The topological polar surface area (TPSA) is 57.7 Å². The summed E-state index contributed by atoms with van der Waals surface area (Å²) in [6, 6.07) is 10.8. The average molecular weight is 379 g/mol. The highest BCUT2D eigenvalue weighted by Crippen LogP contribution is 2.38. The van der Waals surface area contributed by atoms with E-state index < -0.39 is 16.1 Å². The molecule has 7 heteroatoms. The number of sulfonamides is 1. The first kappa shape index (κ1) is 17.8. The molecule has 1 aliphatic heterocycles. The Hall–Kier alpha value is -2.05. The lowest BCUT2D eigenvalue weighted by atomic mass is 10.2. The first-order chi connectivity index (χ1) is 11.9. The van der Waals surface area contributed by atoms with Crippen LogP contribution in [0.1, 0.15) is 25.3 Å². The van der Waals surface area contributed by atoms with Crippen LogP contribution in [-0.2, 0) is 10.0 Å². The largest absolute Gasteiger partial charge is 0.343 e. The zero-order valence-corrected chi connectivity index (χ0v) is 15.6. The van der Waals surface area contributed by atoms with E-state index in [0.29, 0.717) is 17.3 Å². The predicted molar refractivity (Wildman–Crippen MR) is 99.9 cm³/mol. The van der Waals surface area contributed by atoms with E-state index in [-0.39, 0.29) is 10.6 Å². The van der Waals surface area contributed by atoms with Gasteiger partial charge in [-0.2, -0.15) is 4.31 Å². The molecule has 0 atom stereocenters. The van der Waals surface area contributed by atoms with Crippen molar-refractivity contribution in [3.8, 4) is 0 Å². The number of amides is 2. The van der Waals surface area contributed by atoms with Gasteiger partial charge in [-0.15, -0.1) is 0 Å². The van der Waals surface area contributed by atoms with Crippen LogP contribution in [0, 0.1) is 6.92 Å². The third-order valence-corrected chi connectivity index (χ3v) is 6.36. The lowest BCUT2D eigenvalue weighted by Gasteiger charge is -2.36. The second kappa shape index (κ2) is 6.69. The van der Waals surface area contributed by atoms with Crippen LogP contribution in [0.2, 0.25) is 5.02 Å². The van der Waals surface area contributed by atoms with E-state index in [4.69, 9.17) is 11.6 Å². The molecule has 132 valence electrons. The minimum absolute atomic E-state index is 0.127. The molecule has 1 heterocycles. The molecule has 0 bridgehead atoms. The Bertz CT molecular complexity index is 928. The summed E-state index contributed by atoms with van der Waals surface area (Å²) in [5.74, 6) is 0. The summed E-state index contributed by atoms with van der Waals surface area (Å²) in [5.41, 5.74) is 1.49. The van der Waals surface area contributed by atoms with Crippen LogP contribution >= 0.6 is 11.6 Å². The van der Waals surface area contributed by atoms with Gasteiger partial charge in [-0.1, -0.05) is 43.1 Å². The summed E-state index contributed by atoms with van der Waals surface area (Å²) in [7, 11) is -3.99. The quantitative estimate of drug-likeness (QED) is 0.782. The lowest BCUT2D eigenvalue weighted by Crippen LogP contribution is -2.51. The number of unbranched alkanes of at least 4 members (excludes halogenated alkanes) is 1. The van der Waals surface area contributed by atoms with Crippen molar-refractivity contribution in [2.45, 2.75) is 31.6 Å². The van der Waals surface area contributed by atoms with Gasteiger partial charge >= 0.3 is 6.03 Å². The van der Waals surface area contributed by atoms with Crippen LogP contribution in [0.25, 0.3) is 0 Å². The third-order valence-electron chi connectivity index (χ3n) is 4.20. The summed E-state index contributed by atoms with van der Waals surface area (Å²) in [6.07, 6.45) is 1.68. The molecule has 2 aromatic carbocycles. The maximum atomic E-state index is 13.1. The van der Waals surface area contributed by atoms with Crippen LogP contribution in [0.4, 0.5) is 16.2 Å². The second-order valence-corrected chi connectivity index (χ2v) is 8.12. The first-order valence-electron chi connectivity index (χ1n) is 8.10. The molecule has 0 radical (unpaired) electrons. The van der Waals surface area contributed by atoms with Crippen molar-refractivity contribution in [1.29, 1.82) is 0 Å². The number of carbonyl (C=O) groups is 1. The van der Waals surface area contributed by atoms with E-state index in [1.807, 2.05) is 13.8 Å². The fourth-order valence-electron chi connectivity index (χ4n) is 2.80. The molecule has 5 nitrogen and oxygen atoms in total.